The number of amides is 1. The molecule has 2 heterocycles. The van der Waals surface area contributed by atoms with Crippen molar-refractivity contribution in [2.75, 3.05) is 20.3 Å². The Hall–Kier alpha value is -2.13. The average Bonchev–Trinajstić information content (AvgIpc) is 3.32. The van der Waals surface area contributed by atoms with E-state index in [1.54, 1.807) is 11.8 Å². The first-order valence-electron chi connectivity index (χ1n) is 8.61. The van der Waals surface area contributed by atoms with Gasteiger partial charge >= 0.3 is 0 Å². The van der Waals surface area contributed by atoms with Crippen molar-refractivity contribution in [2.45, 2.75) is 42.8 Å². The quantitative estimate of drug-likeness (QED) is 0.697. The second-order valence-electron chi connectivity index (χ2n) is 6.11. The van der Waals surface area contributed by atoms with Crippen molar-refractivity contribution in [2.24, 2.45) is 0 Å². The van der Waals surface area contributed by atoms with Gasteiger partial charge in [-0.1, -0.05) is 23.9 Å². The highest BCUT2D eigenvalue weighted by atomic mass is 32.2. The Labute approximate surface area is 156 Å². The molecule has 1 saturated heterocycles. The number of methoxy groups -OCH3 is 1. The third-order valence-corrected chi connectivity index (χ3v) is 5.24. The SMILES string of the molecule is COc1ccc(Cn2nnnc2S[C@@H](C)C(=O)NC[C@@H]2CCCO2)cc1. The fourth-order valence-electron chi connectivity index (χ4n) is 2.66. The zero-order valence-corrected chi connectivity index (χ0v) is 15.7. The molecule has 1 amide bonds. The van der Waals surface area contributed by atoms with Gasteiger partial charge in [0.1, 0.15) is 5.75 Å². The topological polar surface area (TPSA) is 91.2 Å². The predicted octanol–water partition coefficient (Wildman–Crippen LogP) is 1.51. The molecule has 1 fully saturated rings. The van der Waals surface area contributed by atoms with E-state index in [-0.39, 0.29) is 17.3 Å². The van der Waals surface area contributed by atoms with E-state index in [9.17, 15) is 4.79 Å². The number of nitrogens with one attached hydrogen (secondary N) is 1. The summed E-state index contributed by atoms with van der Waals surface area (Å²) in [5.41, 5.74) is 1.05. The van der Waals surface area contributed by atoms with Crippen molar-refractivity contribution in [3.8, 4) is 5.75 Å². The number of hydrogen-bond acceptors (Lipinski definition) is 7. The first kappa shape index (κ1) is 18.7. The molecule has 8 nitrogen and oxygen atoms in total. The van der Waals surface area contributed by atoms with Crippen LogP contribution >= 0.6 is 11.8 Å². The molecule has 0 saturated carbocycles. The van der Waals surface area contributed by atoms with Gasteiger partial charge in [0.2, 0.25) is 11.1 Å². The number of hydrogen-bond donors (Lipinski definition) is 1. The lowest BCUT2D eigenvalue weighted by Gasteiger charge is -2.14. The Kier molecular flexibility index (Phi) is 6.45. The van der Waals surface area contributed by atoms with Crippen LogP contribution in [0, 0.1) is 0 Å². The molecule has 1 aliphatic rings. The van der Waals surface area contributed by atoms with Crippen molar-refractivity contribution in [1.82, 2.24) is 25.5 Å². The van der Waals surface area contributed by atoms with Crippen molar-refractivity contribution < 1.29 is 14.3 Å². The molecule has 0 spiro atoms. The van der Waals surface area contributed by atoms with Crippen LogP contribution in [0.5, 0.6) is 5.75 Å². The second-order valence-corrected chi connectivity index (χ2v) is 7.42. The molecule has 0 bridgehead atoms. The maximum absolute atomic E-state index is 12.3. The maximum atomic E-state index is 12.3. The van der Waals surface area contributed by atoms with Crippen LogP contribution in [-0.2, 0) is 16.1 Å². The summed E-state index contributed by atoms with van der Waals surface area (Å²) in [5, 5.41) is 15.1. The first-order chi connectivity index (χ1) is 12.7. The van der Waals surface area contributed by atoms with Crippen LogP contribution in [0.1, 0.15) is 25.3 Å². The van der Waals surface area contributed by atoms with Gasteiger partial charge in [0.15, 0.2) is 0 Å². The molecule has 1 aromatic heterocycles. The van der Waals surface area contributed by atoms with Crippen LogP contribution < -0.4 is 10.1 Å². The van der Waals surface area contributed by atoms with Crippen molar-refractivity contribution in [1.29, 1.82) is 0 Å². The molecule has 3 rings (SSSR count). The number of carbonyl (C=O) groups is 1. The van der Waals surface area contributed by atoms with Crippen LogP contribution in [0.4, 0.5) is 0 Å². The molecule has 9 heteroatoms. The summed E-state index contributed by atoms with van der Waals surface area (Å²) in [7, 11) is 1.64. The third-order valence-electron chi connectivity index (χ3n) is 4.17. The van der Waals surface area contributed by atoms with Crippen LogP contribution in [0.25, 0.3) is 0 Å². The minimum atomic E-state index is -0.294. The standard InChI is InChI=1S/C17H23N5O3S/c1-12(16(23)18-10-15-4-3-9-25-15)26-17-19-20-21-22(17)11-13-5-7-14(24-2)8-6-13/h5-8,12,15H,3-4,9-11H2,1-2H3,(H,18,23)/t12-,15-/m0/s1. The molecule has 1 aliphatic heterocycles. The lowest BCUT2D eigenvalue weighted by Crippen LogP contribution is -2.36. The Balaban J connectivity index is 1.54. The van der Waals surface area contributed by atoms with Gasteiger partial charge in [-0.3, -0.25) is 4.79 Å². The predicted molar refractivity (Wildman–Crippen MR) is 97.2 cm³/mol. The molecule has 2 atom stereocenters. The Morgan fingerprint density at radius 1 is 1.46 bits per heavy atom. The Morgan fingerprint density at radius 2 is 2.27 bits per heavy atom. The summed E-state index contributed by atoms with van der Waals surface area (Å²) in [5.74, 6) is 0.765. The third kappa shape index (κ3) is 4.95. The molecule has 2 aromatic rings. The van der Waals surface area contributed by atoms with Gasteiger partial charge < -0.3 is 14.8 Å². The average molecular weight is 377 g/mol. The number of benzene rings is 1. The van der Waals surface area contributed by atoms with E-state index >= 15 is 0 Å². The van der Waals surface area contributed by atoms with Crippen molar-refractivity contribution in [3.63, 3.8) is 0 Å². The van der Waals surface area contributed by atoms with Gasteiger partial charge in [0.25, 0.3) is 0 Å². The van der Waals surface area contributed by atoms with Gasteiger partial charge in [0.05, 0.1) is 25.0 Å². The molecule has 1 N–H and O–H groups in total. The van der Waals surface area contributed by atoms with Gasteiger partial charge in [-0.15, -0.1) is 5.10 Å². The molecular formula is C17H23N5O3S. The lowest BCUT2D eigenvalue weighted by atomic mass is 10.2. The number of aromatic nitrogens is 4. The van der Waals surface area contributed by atoms with Crippen molar-refractivity contribution >= 4 is 17.7 Å². The molecule has 26 heavy (non-hydrogen) atoms. The monoisotopic (exact) mass is 377 g/mol. The second kappa shape index (κ2) is 9.00. The number of rotatable bonds is 8. The number of nitrogens with zero attached hydrogens (tertiary/aromatic N) is 4. The number of carbonyl (C=O) groups excluding carboxylic acids is 1. The first-order valence-corrected chi connectivity index (χ1v) is 9.48. The minimum Gasteiger partial charge on any atom is -0.497 e. The summed E-state index contributed by atoms with van der Waals surface area (Å²) in [6.07, 6.45) is 2.20. The molecule has 0 unspecified atom stereocenters. The highest BCUT2D eigenvalue weighted by Gasteiger charge is 2.21. The number of thioether (sulfide) groups is 1. The van der Waals surface area contributed by atoms with Crippen LogP contribution in [0.3, 0.4) is 0 Å². The summed E-state index contributed by atoms with van der Waals surface area (Å²) in [6, 6.07) is 7.72. The van der Waals surface area contributed by atoms with Crippen LogP contribution in [0.15, 0.2) is 29.4 Å². The minimum absolute atomic E-state index is 0.0375. The fourth-order valence-corrected chi connectivity index (χ4v) is 3.47. The zero-order chi connectivity index (χ0) is 18.4. The molecule has 0 radical (unpaired) electrons. The summed E-state index contributed by atoms with van der Waals surface area (Å²) >= 11 is 1.34. The molecular weight excluding hydrogens is 354 g/mol. The molecule has 140 valence electrons. The van der Waals surface area contributed by atoms with Gasteiger partial charge in [-0.2, -0.15) is 0 Å². The molecule has 1 aromatic carbocycles. The highest BCUT2D eigenvalue weighted by Crippen LogP contribution is 2.21. The van der Waals surface area contributed by atoms with Crippen LogP contribution in [-0.4, -0.2) is 57.7 Å². The largest absolute Gasteiger partial charge is 0.497 e. The van der Waals surface area contributed by atoms with E-state index in [0.717, 1.165) is 30.8 Å². The van der Waals surface area contributed by atoms with Gasteiger partial charge in [-0.25, -0.2) is 4.68 Å². The number of tetrazole rings is 1. The Morgan fingerprint density at radius 3 is 2.96 bits per heavy atom. The molecule has 0 aliphatic carbocycles. The number of ether oxygens (including phenoxy) is 2. The smallest absolute Gasteiger partial charge is 0.233 e. The summed E-state index contributed by atoms with van der Waals surface area (Å²) < 4.78 is 12.4. The van der Waals surface area contributed by atoms with Crippen LogP contribution in [0.2, 0.25) is 0 Å². The van der Waals surface area contributed by atoms with E-state index in [4.69, 9.17) is 9.47 Å². The van der Waals surface area contributed by atoms with E-state index in [0.29, 0.717) is 18.2 Å². The van der Waals surface area contributed by atoms with Gasteiger partial charge in [0, 0.05) is 13.2 Å². The van der Waals surface area contributed by atoms with E-state index < -0.39 is 0 Å². The lowest BCUT2D eigenvalue weighted by molar-refractivity contribution is -0.120. The van der Waals surface area contributed by atoms with Crippen molar-refractivity contribution in [3.05, 3.63) is 29.8 Å². The maximum Gasteiger partial charge on any atom is 0.233 e. The van der Waals surface area contributed by atoms with E-state index in [1.807, 2.05) is 31.2 Å². The van der Waals surface area contributed by atoms with E-state index in [1.165, 1.54) is 11.8 Å². The fraction of sp³-hybridized carbons (Fsp3) is 0.529. The zero-order valence-electron chi connectivity index (χ0n) is 14.9. The van der Waals surface area contributed by atoms with E-state index in [2.05, 4.69) is 20.8 Å². The summed E-state index contributed by atoms with van der Waals surface area (Å²) in [6.45, 7) is 3.72. The Bertz CT molecular complexity index is 715. The normalized spacial score (nSPS) is 17.8. The highest BCUT2D eigenvalue weighted by molar-refractivity contribution is 8.00. The van der Waals surface area contributed by atoms with Gasteiger partial charge in [-0.05, 0) is 47.9 Å². The summed E-state index contributed by atoms with van der Waals surface area (Å²) in [4.78, 5) is 12.3.